The minimum Gasteiger partial charge on any atom is -0.504 e. The third-order valence-electron chi connectivity index (χ3n) is 8.27. The van der Waals surface area contributed by atoms with Crippen LogP contribution in [-0.4, -0.2) is 26.8 Å². The number of carbonyl (C=O) groups is 1. The third kappa shape index (κ3) is 5.82. The molecule has 0 unspecified atom stereocenters. The Hall–Kier alpha value is -5.74. The molecule has 0 aliphatic carbocycles. The first kappa shape index (κ1) is 30.9. The molecule has 240 valence electrons. The van der Waals surface area contributed by atoms with Gasteiger partial charge in [0.1, 0.15) is 5.82 Å². The van der Waals surface area contributed by atoms with E-state index in [2.05, 4.69) is 9.88 Å². The molecule has 1 amide bonds. The van der Waals surface area contributed by atoms with E-state index in [1.165, 1.54) is 29.5 Å². The second-order valence-electron chi connectivity index (χ2n) is 11.4. The van der Waals surface area contributed by atoms with Crippen molar-refractivity contribution in [3.8, 4) is 11.5 Å². The number of fused-ring (bicyclic) bond motifs is 2. The maximum Gasteiger partial charge on any atom is 0.271 e. The molecule has 1 atom stereocenters. The quantitative estimate of drug-likeness (QED) is 0.206. The molecule has 1 aliphatic heterocycles. The highest BCUT2D eigenvalue weighted by molar-refractivity contribution is 7.07. The van der Waals surface area contributed by atoms with Gasteiger partial charge in [-0.3, -0.25) is 14.2 Å². The number of allylic oxidation sites excluding steroid dienone is 1. The molecule has 2 aromatic heterocycles. The molecule has 3 heterocycles. The molecule has 2 N–H and O–H groups in total. The average Bonchev–Trinajstić information content (AvgIpc) is 3.58. The lowest BCUT2D eigenvalue weighted by atomic mass is 9.94. The number of hydrogen-bond acceptors (Lipinski definition) is 6. The number of para-hydroxylation sites is 2. The Balaban J connectivity index is 1.37. The summed E-state index contributed by atoms with van der Waals surface area (Å²) >= 11 is 1.25. The minimum absolute atomic E-state index is 0.0407. The summed E-state index contributed by atoms with van der Waals surface area (Å²) < 4.78 is 23.3. The van der Waals surface area contributed by atoms with Gasteiger partial charge in [-0.25, -0.2) is 9.38 Å². The van der Waals surface area contributed by atoms with Crippen molar-refractivity contribution < 1.29 is 19.0 Å². The van der Waals surface area contributed by atoms with Crippen molar-refractivity contribution in [2.75, 3.05) is 11.9 Å². The highest BCUT2D eigenvalue weighted by atomic mass is 32.1. The monoisotopic (exact) mass is 658 g/mol. The number of halogens is 1. The van der Waals surface area contributed by atoms with Crippen LogP contribution >= 0.6 is 11.3 Å². The van der Waals surface area contributed by atoms with Crippen LogP contribution in [0.15, 0.2) is 124 Å². The topological polar surface area (TPSA) is 97.9 Å². The van der Waals surface area contributed by atoms with E-state index in [0.29, 0.717) is 45.0 Å². The van der Waals surface area contributed by atoms with Crippen molar-refractivity contribution in [2.45, 2.75) is 26.4 Å². The Morgan fingerprint density at radius 3 is 2.56 bits per heavy atom. The summed E-state index contributed by atoms with van der Waals surface area (Å²) in [5.74, 6) is -0.468. The van der Waals surface area contributed by atoms with Crippen molar-refractivity contribution in [2.24, 2.45) is 4.99 Å². The van der Waals surface area contributed by atoms with Gasteiger partial charge in [0, 0.05) is 34.9 Å². The summed E-state index contributed by atoms with van der Waals surface area (Å²) in [6.07, 6.45) is 3.85. The molecule has 0 saturated heterocycles. The largest absolute Gasteiger partial charge is 0.504 e. The van der Waals surface area contributed by atoms with Gasteiger partial charge in [0.25, 0.3) is 11.5 Å². The molecule has 48 heavy (non-hydrogen) atoms. The first-order valence-electron chi connectivity index (χ1n) is 15.5. The summed E-state index contributed by atoms with van der Waals surface area (Å²) in [6, 6.07) is 27.5. The van der Waals surface area contributed by atoms with E-state index in [1.54, 1.807) is 47.9 Å². The van der Waals surface area contributed by atoms with E-state index in [-0.39, 0.29) is 22.9 Å². The van der Waals surface area contributed by atoms with Crippen LogP contribution in [0.1, 0.15) is 36.6 Å². The molecule has 1 aliphatic rings. The fourth-order valence-electron chi connectivity index (χ4n) is 6.07. The molecule has 10 heteroatoms. The van der Waals surface area contributed by atoms with Gasteiger partial charge >= 0.3 is 0 Å². The molecule has 7 rings (SSSR count). The van der Waals surface area contributed by atoms with Crippen LogP contribution in [0.25, 0.3) is 17.0 Å². The number of aromatic nitrogens is 2. The average molecular weight is 659 g/mol. The lowest BCUT2D eigenvalue weighted by Crippen LogP contribution is -2.40. The number of nitrogens with one attached hydrogen (secondary N) is 1. The molecule has 0 bridgehead atoms. The van der Waals surface area contributed by atoms with Gasteiger partial charge in [0.15, 0.2) is 16.3 Å². The normalized spacial score (nSPS) is 14.6. The van der Waals surface area contributed by atoms with Crippen LogP contribution < -0.4 is 24.9 Å². The summed E-state index contributed by atoms with van der Waals surface area (Å²) in [5.41, 5.74) is 4.44. The maximum absolute atomic E-state index is 14.4. The van der Waals surface area contributed by atoms with Crippen LogP contribution in [0.2, 0.25) is 0 Å². The highest BCUT2D eigenvalue weighted by Gasteiger charge is 2.33. The number of hydrogen-bond donors (Lipinski definition) is 2. The third-order valence-corrected chi connectivity index (χ3v) is 9.25. The molecular formula is C38H31FN4O4S. The number of benzene rings is 4. The molecule has 6 aromatic rings. The standard InChI is InChI=1S/C38H31FN4O4S/c1-3-47-32-19-25(15-18-31(32)44)35-34(36(45)41-28-9-5-4-6-10-28)23(2)40-38-43(35)37(46)33(48-38)20-26-22-42(30-12-8-7-11-29(26)30)21-24-13-16-27(39)17-14-24/h4-20,22,35,44H,3,21H2,1-2H3,(H,41,45)/b33-20-/t35-/m1/s1. The smallest absolute Gasteiger partial charge is 0.271 e. The zero-order valence-corrected chi connectivity index (χ0v) is 27.0. The van der Waals surface area contributed by atoms with Gasteiger partial charge < -0.3 is 19.7 Å². The van der Waals surface area contributed by atoms with E-state index in [9.17, 15) is 19.1 Å². The van der Waals surface area contributed by atoms with Crippen molar-refractivity contribution in [1.82, 2.24) is 9.13 Å². The number of rotatable bonds is 8. The molecule has 0 saturated carbocycles. The highest BCUT2D eigenvalue weighted by Crippen LogP contribution is 2.36. The van der Waals surface area contributed by atoms with Gasteiger partial charge in [-0.2, -0.15) is 0 Å². The number of phenols is 1. The van der Waals surface area contributed by atoms with Gasteiger partial charge in [0.2, 0.25) is 0 Å². The van der Waals surface area contributed by atoms with E-state index < -0.39 is 11.9 Å². The van der Waals surface area contributed by atoms with Crippen LogP contribution in [0, 0.1) is 5.82 Å². The SMILES string of the molecule is CCOc1cc([C@@H]2C(C(=O)Nc3ccccc3)=C(C)N=c3s/c(=C\c4cn(Cc5ccc(F)cc5)c5ccccc45)c(=O)n32)ccc1O. The Morgan fingerprint density at radius 1 is 1.04 bits per heavy atom. The molecule has 4 aromatic carbocycles. The van der Waals surface area contributed by atoms with E-state index in [0.717, 1.165) is 22.0 Å². The lowest BCUT2D eigenvalue weighted by Gasteiger charge is -2.26. The van der Waals surface area contributed by atoms with Crippen molar-refractivity contribution in [1.29, 1.82) is 0 Å². The Labute approximate surface area is 279 Å². The van der Waals surface area contributed by atoms with E-state index in [4.69, 9.17) is 9.73 Å². The maximum atomic E-state index is 14.4. The number of amides is 1. The van der Waals surface area contributed by atoms with Crippen LogP contribution in [0.4, 0.5) is 10.1 Å². The number of anilines is 1. The number of ether oxygens (including phenoxy) is 1. The Morgan fingerprint density at radius 2 is 1.79 bits per heavy atom. The van der Waals surface area contributed by atoms with Crippen LogP contribution in [-0.2, 0) is 11.3 Å². The molecule has 8 nitrogen and oxygen atoms in total. The minimum atomic E-state index is -0.841. The molecule has 0 spiro atoms. The summed E-state index contributed by atoms with van der Waals surface area (Å²) in [5, 5.41) is 14.4. The fourth-order valence-corrected chi connectivity index (χ4v) is 7.11. The van der Waals surface area contributed by atoms with Gasteiger partial charge in [0.05, 0.1) is 28.5 Å². The predicted molar refractivity (Wildman–Crippen MR) is 186 cm³/mol. The molecule has 0 fully saturated rings. The number of nitrogens with zero attached hydrogens (tertiary/aromatic N) is 3. The predicted octanol–water partition coefficient (Wildman–Crippen LogP) is 6.12. The lowest BCUT2D eigenvalue weighted by molar-refractivity contribution is -0.113. The number of carbonyl (C=O) groups excluding carboxylic acids is 1. The zero-order chi connectivity index (χ0) is 33.4. The number of aromatic hydroxyl groups is 1. The van der Waals surface area contributed by atoms with Gasteiger partial charge in [-0.05, 0) is 73.5 Å². The van der Waals surface area contributed by atoms with E-state index in [1.807, 2.05) is 61.7 Å². The fraction of sp³-hybridized carbons (Fsp3) is 0.132. The Bertz CT molecular complexity index is 2390. The summed E-state index contributed by atoms with van der Waals surface area (Å²) in [4.78, 5) is 33.5. The first-order valence-corrected chi connectivity index (χ1v) is 16.3. The second kappa shape index (κ2) is 12.8. The van der Waals surface area contributed by atoms with Crippen LogP contribution in [0.3, 0.4) is 0 Å². The Kier molecular flexibility index (Phi) is 8.24. The van der Waals surface area contributed by atoms with E-state index >= 15 is 0 Å². The van der Waals surface area contributed by atoms with Crippen LogP contribution in [0.5, 0.6) is 11.5 Å². The molecule has 0 radical (unpaired) electrons. The summed E-state index contributed by atoms with van der Waals surface area (Å²) in [6.45, 7) is 4.42. The second-order valence-corrected chi connectivity index (χ2v) is 12.4. The molecular weight excluding hydrogens is 628 g/mol. The van der Waals surface area contributed by atoms with Gasteiger partial charge in [-0.15, -0.1) is 0 Å². The zero-order valence-electron chi connectivity index (χ0n) is 26.2. The van der Waals surface area contributed by atoms with Gasteiger partial charge in [-0.1, -0.05) is 65.9 Å². The first-order chi connectivity index (χ1) is 23.3. The van der Waals surface area contributed by atoms with Crippen molar-refractivity contribution in [3.63, 3.8) is 0 Å². The number of thiazole rings is 1. The summed E-state index contributed by atoms with van der Waals surface area (Å²) in [7, 11) is 0. The van der Waals surface area contributed by atoms with Crippen molar-refractivity contribution in [3.05, 3.63) is 157 Å². The number of phenolic OH excluding ortho intramolecular Hbond substituents is 1. The van der Waals surface area contributed by atoms with Crippen molar-refractivity contribution >= 4 is 39.9 Å².